The predicted molar refractivity (Wildman–Crippen MR) is 73.9 cm³/mol. The first-order valence-electron chi connectivity index (χ1n) is 6.91. The van der Waals surface area contributed by atoms with E-state index in [1.165, 1.54) is 0 Å². The van der Waals surface area contributed by atoms with Crippen LogP contribution in [0.2, 0.25) is 0 Å². The molecule has 0 saturated carbocycles. The quantitative estimate of drug-likeness (QED) is 0.812. The van der Waals surface area contributed by atoms with Crippen LogP contribution in [-0.4, -0.2) is 46.6 Å². The van der Waals surface area contributed by atoms with Gasteiger partial charge in [0.25, 0.3) is 0 Å². The lowest BCUT2D eigenvalue weighted by molar-refractivity contribution is -0.148. The van der Waals surface area contributed by atoms with Crippen LogP contribution in [0, 0.1) is 5.41 Å². The second-order valence-electron chi connectivity index (χ2n) is 6.57. The average molecular weight is 270 g/mol. The van der Waals surface area contributed by atoms with Crippen molar-refractivity contribution in [1.29, 1.82) is 0 Å². The molecular weight excluding hydrogens is 244 g/mol. The SMILES string of the molecule is CCC1(C(=O)O)CCN(C(C)C(=O)NC(C)(C)C)C1. The Labute approximate surface area is 115 Å². The van der Waals surface area contributed by atoms with E-state index in [-0.39, 0.29) is 17.5 Å². The molecule has 1 aliphatic rings. The van der Waals surface area contributed by atoms with Gasteiger partial charge in [0.1, 0.15) is 0 Å². The van der Waals surface area contributed by atoms with Crippen LogP contribution in [0.1, 0.15) is 47.5 Å². The molecule has 0 spiro atoms. The van der Waals surface area contributed by atoms with E-state index in [4.69, 9.17) is 0 Å². The van der Waals surface area contributed by atoms with Gasteiger partial charge in [0.2, 0.25) is 5.91 Å². The first-order chi connectivity index (χ1) is 8.61. The van der Waals surface area contributed by atoms with Gasteiger partial charge >= 0.3 is 5.97 Å². The van der Waals surface area contributed by atoms with Crippen LogP contribution < -0.4 is 5.32 Å². The van der Waals surface area contributed by atoms with Gasteiger partial charge in [0.15, 0.2) is 0 Å². The molecule has 2 N–H and O–H groups in total. The van der Waals surface area contributed by atoms with Crippen molar-refractivity contribution in [3.63, 3.8) is 0 Å². The first-order valence-corrected chi connectivity index (χ1v) is 6.91. The molecule has 1 fully saturated rings. The highest BCUT2D eigenvalue weighted by molar-refractivity contribution is 5.82. The lowest BCUT2D eigenvalue weighted by Gasteiger charge is -2.29. The molecule has 0 aliphatic carbocycles. The van der Waals surface area contributed by atoms with Crippen molar-refractivity contribution in [1.82, 2.24) is 10.2 Å². The van der Waals surface area contributed by atoms with Gasteiger partial charge in [-0.3, -0.25) is 14.5 Å². The third kappa shape index (κ3) is 3.69. The summed E-state index contributed by atoms with van der Waals surface area (Å²) in [5, 5.41) is 12.3. The minimum absolute atomic E-state index is 0.0372. The molecule has 0 aromatic carbocycles. The smallest absolute Gasteiger partial charge is 0.310 e. The Balaban J connectivity index is 2.69. The van der Waals surface area contributed by atoms with Crippen molar-refractivity contribution < 1.29 is 14.7 Å². The molecular formula is C14H26N2O3. The zero-order valence-corrected chi connectivity index (χ0v) is 12.6. The number of nitrogens with zero attached hydrogens (tertiary/aromatic N) is 1. The van der Waals surface area contributed by atoms with Crippen LogP contribution >= 0.6 is 0 Å². The third-order valence-corrected chi connectivity index (χ3v) is 3.94. The van der Waals surface area contributed by atoms with E-state index >= 15 is 0 Å². The Morgan fingerprint density at radius 2 is 2.00 bits per heavy atom. The molecule has 0 aromatic rings. The number of carbonyl (C=O) groups excluding carboxylic acids is 1. The number of nitrogens with one attached hydrogen (secondary N) is 1. The number of hydrogen-bond acceptors (Lipinski definition) is 3. The van der Waals surface area contributed by atoms with E-state index in [0.29, 0.717) is 25.9 Å². The van der Waals surface area contributed by atoms with E-state index in [2.05, 4.69) is 5.32 Å². The molecule has 0 bridgehead atoms. The molecule has 1 rings (SSSR count). The van der Waals surface area contributed by atoms with Crippen molar-refractivity contribution in [2.45, 2.75) is 59.0 Å². The van der Waals surface area contributed by atoms with Crippen LogP contribution in [0.3, 0.4) is 0 Å². The summed E-state index contributed by atoms with van der Waals surface area (Å²) in [6.45, 7) is 10.7. The summed E-state index contributed by atoms with van der Waals surface area (Å²) in [6.07, 6.45) is 1.22. The zero-order valence-electron chi connectivity index (χ0n) is 12.6. The van der Waals surface area contributed by atoms with Gasteiger partial charge in [0, 0.05) is 18.6 Å². The number of amides is 1. The lowest BCUT2D eigenvalue weighted by Crippen LogP contribution is -2.51. The Morgan fingerprint density at radius 1 is 1.42 bits per heavy atom. The second kappa shape index (κ2) is 5.49. The van der Waals surface area contributed by atoms with Gasteiger partial charge in [-0.25, -0.2) is 0 Å². The van der Waals surface area contributed by atoms with E-state index in [9.17, 15) is 14.7 Å². The molecule has 1 aliphatic heterocycles. The zero-order chi connectivity index (χ0) is 14.8. The van der Waals surface area contributed by atoms with Crippen molar-refractivity contribution in [3.8, 4) is 0 Å². The van der Waals surface area contributed by atoms with Crippen LogP contribution in [0.5, 0.6) is 0 Å². The van der Waals surface area contributed by atoms with Gasteiger partial charge in [-0.15, -0.1) is 0 Å². The highest BCUT2D eigenvalue weighted by Gasteiger charge is 2.45. The Kier molecular flexibility index (Phi) is 4.61. The van der Waals surface area contributed by atoms with Crippen LogP contribution in [-0.2, 0) is 9.59 Å². The molecule has 5 nitrogen and oxygen atoms in total. The molecule has 2 unspecified atom stereocenters. The second-order valence-corrected chi connectivity index (χ2v) is 6.57. The summed E-state index contributed by atoms with van der Waals surface area (Å²) in [4.78, 5) is 25.5. The Hall–Kier alpha value is -1.10. The normalized spacial score (nSPS) is 26.2. The fourth-order valence-corrected chi connectivity index (χ4v) is 2.49. The number of hydrogen-bond donors (Lipinski definition) is 2. The number of likely N-dealkylation sites (tertiary alicyclic amines) is 1. The van der Waals surface area contributed by atoms with Crippen molar-refractivity contribution in [2.24, 2.45) is 5.41 Å². The van der Waals surface area contributed by atoms with Crippen LogP contribution in [0.4, 0.5) is 0 Å². The predicted octanol–water partition coefficient (Wildman–Crippen LogP) is 1.48. The van der Waals surface area contributed by atoms with E-state index < -0.39 is 11.4 Å². The van der Waals surface area contributed by atoms with Crippen molar-refractivity contribution in [2.75, 3.05) is 13.1 Å². The average Bonchev–Trinajstić information content (AvgIpc) is 2.71. The largest absolute Gasteiger partial charge is 0.481 e. The van der Waals surface area contributed by atoms with Crippen molar-refractivity contribution >= 4 is 11.9 Å². The highest BCUT2D eigenvalue weighted by atomic mass is 16.4. The number of carbonyl (C=O) groups is 2. The maximum Gasteiger partial charge on any atom is 0.310 e. The summed E-state index contributed by atoms with van der Waals surface area (Å²) < 4.78 is 0. The van der Waals surface area contributed by atoms with Crippen LogP contribution in [0.25, 0.3) is 0 Å². The fraction of sp³-hybridized carbons (Fsp3) is 0.857. The number of carboxylic acids is 1. The molecule has 0 radical (unpaired) electrons. The molecule has 0 aromatic heterocycles. The standard InChI is InChI=1S/C14H26N2O3/c1-6-14(12(18)19)7-8-16(9-14)10(2)11(17)15-13(3,4)5/h10H,6-9H2,1-5H3,(H,15,17)(H,18,19). The van der Waals surface area contributed by atoms with Gasteiger partial charge in [-0.2, -0.15) is 0 Å². The summed E-state index contributed by atoms with van der Waals surface area (Å²) in [5.74, 6) is -0.786. The minimum atomic E-state index is -0.749. The van der Waals surface area contributed by atoms with Gasteiger partial charge in [-0.05, 0) is 40.5 Å². The monoisotopic (exact) mass is 270 g/mol. The summed E-state index contributed by atoms with van der Waals surface area (Å²) >= 11 is 0. The molecule has 1 amide bonds. The fourth-order valence-electron chi connectivity index (χ4n) is 2.49. The summed E-state index contributed by atoms with van der Waals surface area (Å²) in [7, 11) is 0. The highest BCUT2D eigenvalue weighted by Crippen LogP contribution is 2.35. The topological polar surface area (TPSA) is 69.6 Å². The maximum absolute atomic E-state index is 12.1. The lowest BCUT2D eigenvalue weighted by atomic mass is 9.84. The maximum atomic E-state index is 12.1. The van der Waals surface area contributed by atoms with Gasteiger partial charge in [0.05, 0.1) is 11.5 Å². The molecule has 110 valence electrons. The molecule has 19 heavy (non-hydrogen) atoms. The van der Waals surface area contributed by atoms with Gasteiger partial charge in [-0.1, -0.05) is 6.92 Å². The van der Waals surface area contributed by atoms with E-state index in [1.807, 2.05) is 39.5 Å². The first kappa shape index (κ1) is 16.0. The molecule has 1 heterocycles. The molecule has 5 heteroatoms. The number of aliphatic carboxylic acids is 1. The number of rotatable bonds is 4. The summed E-state index contributed by atoms with van der Waals surface area (Å²) in [6, 6.07) is -0.285. The number of carboxylic acid groups (broad SMARTS) is 1. The van der Waals surface area contributed by atoms with Crippen molar-refractivity contribution in [3.05, 3.63) is 0 Å². The van der Waals surface area contributed by atoms with Gasteiger partial charge < -0.3 is 10.4 Å². The van der Waals surface area contributed by atoms with E-state index in [0.717, 1.165) is 0 Å². The third-order valence-electron chi connectivity index (χ3n) is 3.94. The minimum Gasteiger partial charge on any atom is -0.481 e. The molecule has 2 atom stereocenters. The summed E-state index contributed by atoms with van der Waals surface area (Å²) in [5.41, 5.74) is -0.948. The molecule has 1 saturated heterocycles. The Morgan fingerprint density at radius 3 is 2.37 bits per heavy atom. The van der Waals surface area contributed by atoms with E-state index in [1.54, 1.807) is 0 Å². The van der Waals surface area contributed by atoms with Crippen LogP contribution in [0.15, 0.2) is 0 Å². The Bertz CT molecular complexity index is 362.